The van der Waals surface area contributed by atoms with Crippen LogP contribution in [0.5, 0.6) is 0 Å². The van der Waals surface area contributed by atoms with Crippen molar-refractivity contribution < 1.29 is 38.6 Å². The van der Waals surface area contributed by atoms with Gasteiger partial charge in [0.05, 0.1) is 6.04 Å². The summed E-state index contributed by atoms with van der Waals surface area (Å²) in [6, 6.07) is 15.1. The first kappa shape index (κ1) is 37.2. The Labute approximate surface area is 278 Å². The molecule has 6 N–H and O–H groups in total. The van der Waals surface area contributed by atoms with Gasteiger partial charge in [0.1, 0.15) is 6.04 Å². The maximum absolute atomic E-state index is 13.7. The number of thiophene rings is 1. The molecule has 2 aromatic carbocycles. The number of benzene rings is 2. The zero-order chi connectivity index (χ0) is 34.1. The SMILES string of the molecule is CCOC(Cc1csc2ccccc12)(OCC)[C@H](C)NC(=O)[C@H](CCCCNC(=O)O)NC(=O)CONC(=O)NCc1ccccc1. The van der Waals surface area contributed by atoms with Crippen LogP contribution in [0.3, 0.4) is 0 Å². The molecule has 3 aromatic rings. The molecule has 14 heteroatoms. The zero-order valence-corrected chi connectivity index (χ0v) is 27.8. The van der Waals surface area contributed by atoms with Crippen LogP contribution in [0.2, 0.25) is 0 Å². The minimum atomic E-state index is -1.19. The van der Waals surface area contributed by atoms with E-state index < -0.39 is 48.4 Å². The summed E-state index contributed by atoms with van der Waals surface area (Å²) in [6.07, 6.45) is 0.359. The van der Waals surface area contributed by atoms with Crippen LogP contribution in [0.25, 0.3) is 10.1 Å². The molecule has 256 valence electrons. The molecule has 0 bridgehead atoms. The molecule has 0 fully saturated rings. The summed E-state index contributed by atoms with van der Waals surface area (Å²) in [5.41, 5.74) is 4.08. The number of hydrogen-bond acceptors (Lipinski definition) is 8. The molecule has 2 atom stereocenters. The van der Waals surface area contributed by atoms with Crippen molar-refractivity contribution in [1.29, 1.82) is 0 Å². The molecule has 0 spiro atoms. The number of ether oxygens (including phenoxy) is 2. The van der Waals surface area contributed by atoms with Gasteiger partial charge in [0.25, 0.3) is 0 Å². The molecule has 0 aliphatic carbocycles. The van der Waals surface area contributed by atoms with E-state index in [1.54, 1.807) is 18.3 Å². The maximum Gasteiger partial charge on any atom is 0.404 e. The number of carboxylic acid groups (broad SMARTS) is 1. The molecule has 0 aliphatic rings. The molecule has 5 amide bonds. The Morgan fingerprint density at radius 1 is 0.915 bits per heavy atom. The van der Waals surface area contributed by atoms with Gasteiger partial charge in [-0.05, 0) is 68.0 Å². The molecule has 0 radical (unpaired) electrons. The summed E-state index contributed by atoms with van der Waals surface area (Å²) >= 11 is 1.62. The second-order valence-corrected chi connectivity index (χ2v) is 11.7. The second-order valence-electron chi connectivity index (χ2n) is 10.7. The lowest BCUT2D eigenvalue weighted by molar-refractivity contribution is -0.246. The standard InChI is InChI=1S/C33H45N5O8S/c1-4-44-33(45-5-2,19-25-22-47-28-17-10-9-15-26(25)28)23(3)36-30(40)27(16-11-12-18-34-32(42)43)37-29(39)21-46-38-31(41)35-20-24-13-7-6-8-14-24/h6-10,13-15,17,22-23,27,34H,4-5,11-12,16,18-21H2,1-3H3,(H,36,40)(H,37,39)(H,42,43)(H2,35,38,41)/t23-,27-/m0/s1. The summed E-state index contributed by atoms with van der Waals surface area (Å²) < 4.78 is 13.6. The summed E-state index contributed by atoms with van der Waals surface area (Å²) in [4.78, 5) is 54.4. The molecule has 13 nitrogen and oxygen atoms in total. The van der Waals surface area contributed by atoms with Gasteiger partial charge in [-0.2, -0.15) is 0 Å². The highest BCUT2D eigenvalue weighted by molar-refractivity contribution is 7.17. The van der Waals surface area contributed by atoms with E-state index in [1.807, 2.05) is 68.4 Å². The highest BCUT2D eigenvalue weighted by Gasteiger charge is 2.40. The predicted octanol–water partition coefficient (Wildman–Crippen LogP) is 4.07. The Balaban J connectivity index is 1.64. The van der Waals surface area contributed by atoms with Crippen LogP contribution in [0.1, 0.15) is 51.2 Å². The third-order valence-electron chi connectivity index (χ3n) is 7.31. The normalized spacial score (nSPS) is 12.6. The number of fused-ring (bicyclic) bond motifs is 1. The van der Waals surface area contributed by atoms with E-state index in [2.05, 4.69) is 32.1 Å². The Hall–Kier alpha value is -4.24. The molecule has 3 rings (SSSR count). The lowest BCUT2D eigenvalue weighted by Crippen LogP contribution is -2.59. The summed E-state index contributed by atoms with van der Waals surface area (Å²) in [7, 11) is 0. The van der Waals surface area contributed by atoms with Gasteiger partial charge in [-0.1, -0.05) is 48.5 Å². The molecule has 0 saturated heterocycles. The minimum absolute atomic E-state index is 0.200. The lowest BCUT2D eigenvalue weighted by Gasteiger charge is -2.39. The zero-order valence-electron chi connectivity index (χ0n) is 27.0. The Kier molecular flexibility index (Phi) is 15.4. The first-order valence-electron chi connectivity index (χ1n) is 15.7. The number of nitrogens with one attached hydrogen (secondary N) is 5. The Bertz CT molecular complexity index is 1430. The fraction of sp³-hybridized carbons (Fsp3) is 0.455. The van der Waals surface area contributed by atoms with Crippen molar-refractivity contribution in [3.05, 3.63) is 71.1 Å². The molecular weight excluding hydrogens is 626 g/mol. The first-order valence-corrected chi connectivity index (χ1v) is 16.5. The minimum Gasteiger partial charge on any atom is -0.465 e. The highest BCUT2D eigenvalue weighted by Crippen LogP contribution is 2.32. The number of hydroxylamine groups is 1. The fourth-order valence-electron chi connectivity index (χ4n) is 5.05. The van der Waals surface area contributed by atoms with Crippen LogP contribution >= 0.6 is 11.3 Å². The Morgan fingerprint density at radius 2 is 1.62 bits per heavy atom. The van der Waals surface area contributed by atoms with Crippen molar-refractivity contribution >= 4 is 45.4 Å². The van der Waals surface area contributed by atoms with Crippen molar-refractivity contribution in [3.8, 4) is 0 Å². The number of urea groups is 1. The quantitative estimate of drug-likeness (QED) is 0.0592. The van der Waals surface area contributed by atoms with Crippen molar-refractivity contribution in [2.45, 2.75) is 70.9 Å². The van der Waals surface area contributed by atoms with E-state index in [9.17, 15) is 19.2 Å². The van der Waals surface area contributed by atoms with E-state index in [-0.39, 0.29) is 19.5 Å². The number of hydrogen-bond donors (Lipinski definition) is 6. The van der Waals surface area contributed by atoms with Crippen LogP contribution in [-0.4, -0.2) is 73.3 Å². The van der Waals surface area contributed by atoms with Gasteiger partial charge in [0, 0.05) is 37.4 Å². The van der Waals surface area contributed by atoms with Gasteiger partial charge in [0.2, 0.25) is 11.8 Å². The van der Waals surface area contributed by atoms with E-state index in [1.165, 1.54) is 0 Å². The first-order chi connectivity index (χ1) is 22.7. The molecule has 1 heterocycles. The lowest BCUT2D eigenvalue weighted by atomic mass is 9.97. The van der Waals surface area contributed by atoms with Crippen LogP contribution in [0.15, 0.2) is 60.0 Å². The fourth-order valence-corrected chi connectivity index (χ4v) is 6.01. The molecule has 47 heavy (non-hydrogen) atoms. The maximum atomic E-state index is 13.7. The third kappa shape index (κ3) is 12.1. The number of unbranched alkanes of at least 4 members (excludes halogenated alkanes) is 1. The monoisotopic (exact) mass is 671 g/mol. The highest BCUT2D eigenvalue weighted by atomic mass is 32.1. The van der Waals surface area contributed by atoms with E-state index in [0.717, 1.165) is 21.2 Å². The summed E-state index contributed by atoms with van der Waals surface area (Å²) in [5, 5.41) is 22.6. The molecular formula is C33H45N5O8S. The number of carbonyl (C=O) groups excluding carboxylic acids is 3. The molecule has 0 unspecified atom stereocenters. The van der Waals surface area contributed by atoms with Crippen LogP contribution in [0, 0.1) is 0 Å². The number of rotatable bonds is 20. The van der Waals surface area contributed by atoms with E-state index in [0.29, 0.717) is 32.5 Å². The predicted molar refractivity (Wildman–Crippen MR) is 179 cm³/mol. The van der Waals surface area contributed by atoms with Gasteiger partial charge >= 0.3 is 12.1 Å². The van der Waals surface area contributed by atoms with Crippen LogP contribution < -0.4 is 26.7 Å². The van der Waals surface area contributed by atoms with Gasteiger partial charge in [-0.15, -0.1) is 11.3 Å². The molecule has 1 aromatic heterocycles. The third-order valence-corrected chi connectivity index (χ3v) is 8.32. The van der Waals surface area contributed by atoms with Crippen LogP contribution in [-0.2, 0) is 36.9 Å². The van der Waals surface area contributed by atoms with Crippen LogP contribution in [0.4, 0.5) is 9.59 Å². The van der Waals surface area contributed by atoms with Crippen molar-refractivity contribution in [2.24, 2.45) is 0 Å². The molecule has 0 saturated carbocycles. The van der Waals surface area contributed by atoms with E-state index in [4.69, 9.17) is 19.4 Å². The average molecular weight is 672 g/mol. The van der Waals surface area contributed by atoms with Gasteiger partial charge in [-0.25, -0.2) is 15.1 Å². The Morgan fingerprint density at radius 3 is 2.32 bits per heavy atom. The molecule has 0 aliphatic heterocycles. The van der Waals surface area contributed by atoms with Crippen molar-refractivity contribution in [2.75, 3.05) is 26.4 Å². The summed E-state index contributed by atoms with van der Waals surface area (Å²) in [5.74, 6) is -2.29. The smallest absolute Gasteiger partial charge is 0.404 e. The van der Waals surface area contributed by atoms with Crippen molar-refractivity contribution in [1.82, 2.24) is 26.7 Å². The average Bonchev–Trinajstić information content (AvgIpc) is 3.45. The second kappa shape index (κ2) is 19.4. The van der Waals surface area contributed by atoms with Gasteiger partial charge < -0.3 is 35.8 Å². The summed E-state index contributed by atoms with van der Waals surface area (Å²) in [6.45, 7) is 6.12. The van der Waals surface area contributed by atoms with Gasteiger partial charge in [0.15, 0.2) is 12.4 Å². The largest absolute Gasteiger partial charge is 0.465 e. The van der Waals surface area contributed by atoms with Crippen molar-refractivity contribution in [3.63, 3.8) is 0 Å². The number of amides is 5. The van der Waals surface area contributed by atoms with E-state index >= 15 is 0 Å². The topological polar surface area (TPSA) is 176 Å². The van der Waals surface area contributed by atoms with Gasteiger partial charge in [-0.3, -0.25) is 14.4 Å². The number of carbonyl (C=O) groups is 4.